The number of hydrogen-bond acceptors (Lipinski definition) is 3. The number of guanidine groups is 1. The molecule has 1 aliphatic heterocycles. The zero-order valence-corrected chi connectivity index (χ0v) is 15.5. The molecule has 5 heteroatoms. The highest BCUT2D eigenvalue weighted by atomic mass is 19.1. The summed E-state index contributed by atoms with van der Waals surface area (Å²) in [4.78, 5) is 19.2. The molecule has 0 bridgehead atoms. The normalized spacial score (nSPS) is 29.2. The van der Waals surface area contributed by atoms with Crippen LogP contribution in [0.5, 0.6) is 0 Å². The molecule has 2 N–H and O–H groups in total. The Morgan fingerprint density at radius 3 is 2.24 bits per heavy atom. The first-order valence-corrected chi connectivity index (χ1v) is 10.4. The lowest BCUT2D eigenvalue weighted by Crippen LogP contribution is -2.46. The van der Waals surface area contributed by atoms with Crippen LogP contribution in [0.3, 0.4) is 0 Å². The number of rotatable bonds is 7. The number of halogens is 1. The fourth-order valence-corrected chi connectivity index (χ4v) is 5.17. The van der Waals surface area contributed by atoms with E-state index in [0.717, 1.165) is 25.2 Å². The highest BCUT2D eigenvalue weighted by Gasteiger charge is 2.48. The van der Waals surface area contributed by atoms with E-state index in [2.05, 4.69) is 4.99 Å². The number of aliphatic imine (C=N–C) groups is 1. The van der Waals surface area contributed by atoms with Crippen LogP contribution < -0.4 is 5.73 Å². The SMILES string of the molecule is NC1=NC(CCC2CCCCC2)(CC2CCCCC2)C(=O)N1CCF. The molecule has 1 atom stereocenters. The van der Waals surface area contributed by atoms with E-state index in [1.54, 1.807) is 0 Å². The molecular formula is C20H34FN3O. The summed E-state index contributed by atoms with van der Waals surface area (Å²) >= 11 is 0. The van der Waals surface area contributed by atoms with Crippen molar-refractivity contribution in [2.24, 2.45) is 22.6 Å². The zero-order valence-electron chi connectivity index (χ0n) is 15.5. The van der Waals surface area contributed by atoms with Crippen LogP contribution in [0.15, 0.2) is 4.99 Å². The topological polar surface area (TPSA) is 58.7 Å². The quantitative estimate of drug-likeness (QED) is 0.748. The van der Waals surface area contributed by atoms with Crippen molar-refractivity contribution in [1.82, 2.24) is 4.90 Å². The van der Waals surface area contributed by atoms with Gasteiger partial charge in [0.25, 0.3) is 5.91 Å². The molecule has 3 rings (SSSR count). The molecule has 142 valence electrons. The van der Waals surface area contributed by atoms with Gasteiger partial charge in [-0.25, -0.2) is 9.38 Å². The molecule has 0 aromatic rings. The second kappa shape index (κ2) is 8.50. The number of hydrogen-bond donors (Lipinski definition) is 1. The average Bonchev–Trinajstić information content (AvgIpc) is 2.87. The van der Waals surface area contributed by atoms with Crippen molar-refractivity contribution in [3.63, 3.8) is 0 Å². The van der Waals surface area contributed by atoms with Gasteiger partial charge in [-0.15, -0.1) is 0 Å². The molecule has 4 nitrogen and oxygen atoms in total. The Hall–Kier alpha value is -1.13. The molecule has 1 heterocycles. The van der Waals surface area contributed by atoms with Gasteiger partial charge in [0.05, 0.1) is 6.54 Å². The van der Waals surface area contributed by atoms with E-state index in [9.17, 15) is 9.18 Å². The molecule has 2 aliphatic carbocycles. The lowest BCUT2D eigenvalue weighted by molar-refractivity contribution is -0.132. The van der Waals surface area contributed by atoms with Crippen LogP contribution in [0, 0.1) is 11.8 Å². The highest BCUT2D eigenvalue weighted by molar-refractivity contribution is 6.06. The van der Waals surface area contributed by atoms with Crippen LogP contribution in [-0.4, -0.2) is 35.5 Å². The number of alkyl halides is 1. The monoisotopic (exact) mass is 351 g/mol. The van der Waals surface area contributed by atoms with Crippen molar-refractivity contribution in [3.05, 3.63) is 0 Å². The maximum Gasteiger partial charge on any atom is 0.257 e. The lowest BCUT2D eigenvalue weighted by Gasteiger charge is -2.33. The summed E-state index contributed by atoms with van der Waals surface area (Å²) in [6, 6.07) is 0. The third-order valence-electron chi connectivity index (χ3n) is 6.60. The molecule has 3 aliphatic rings. The number of amides is 1. The Labute approximate surface area is 151 Å². The third-order valence-corrected chi connectivity index (χ3v) is 6.60. The molecule has 0 aromatic carbocycles. The Bertz CT molecular complexity index is 483. The summed E-state index contributed by atoms with van der Waals surface area (Å²) in [5.74, 6) is 1.48. The number of nitrogens with zero attached hydrogens (tertiary/aromatic N) is 2. The minimum atomic E-state index is -0.710. The minimum absolute atomic E-state index is 0.0379. The molecular weight excluding hydrogens is 317 g/mol. The van der Waals surface area contributed by atoms with E-state index < -0.39 is 12.2 Å². The minimum Gasteiger partial charge on any atom is -0.369 e. The lowest BCUT2D eigenvalue weighted by atomic mass is 9.75. The Balaban J connectivity index is 1.72. The van der Waals surface area contributed by atoms with Crippen LogP contribution in [0.1, 0.15) is 83.5 Å². The zero-order chi connectivity index (χ0) is 17.7. The van der Waals surface area contributed by atoms with Gasteiger partial charge in [-0.05, 0) is 31.1 Å². The molecule has 0 aromatic heterocycles. The summed E-state index contributed by atoms with van der Waals surface area (Å²) in [6.45, 7) is -0.520. The summed E-state index contributed by atoms with van der Waals surface area (Å²) in [6.07, 6.45) is 15.4. The van der Waals surface area contributed by atoms with E-state index in [0.29, 0.717) is 5.92 Å². The largest absolute Gasteiger partial charge is 0.369 e. The predicted octanol–water partition coefficient (Wildman–Crippen LogP) is 4.18. The first kappa shape index (κ1) is 18.7. The van der Waals surface area contributed by atoms with Gasteiger partial charge in [0.15, 0.2) is 5.96 Å². The fourth-order valence-electron chi connectivity index (χ4n) is 5.17. The Morgan fingerprint density at radius 1 is 1.04 bits per heavy atom. The predicted molar refractivity (Wildman–Crippen MR) is 99.0 cm³/mol. The van der Waals surface area contributed by atoms with Gasteiger partial charge in [-0.1, -0.05) is 64.2 Å². The standard InChI is InChI=1S/C20H34FN3O/c21-13-14-24-18(25)20(23-19(24)22,15-17-9-5-2-6-10-17)12-11-16-7-3-1-4-8-16/h16-17H,1-15H2,(H2,22,23). The summed E-state index contributed by atoms with van der Waals surface area (Å²) < 4.78 is 12.9. The number of nitrogens with two attached hydrogens (primary N) is 1. The maximum absolute atomic E-state index is 13.1. The van der Waals surface area contributed by atoms with E-state index in [1.807, 2.05) is 0 Å². The van der Waals surface area contributed by atoms with Crippen molar-refractivity contribution in [2.75, 3.05) is 13.2 Å². The summed E-state index contributed by atoms with van der Waals surface area (Å²) in [7, 11) is 0. The van der Waals surface area contributed by atoms with E-state index in [-0.39, 0.29) is 18.4 Å². The van der Waals surface area contributed by atoms with Crippen LogP contribution in [0.4, 0.5) is 4.39 Å². The molecule has 0 saturated heterocycles. The summed E-state index contributed by atoms with van der Waals surface area (Å²) in [5, 5.41) is 0. The van der Waals surface area contributed by atoms with Crippen LogP contribution >= 0.6 is 0 Å². The average molecular weight is 352 g/mol. The highest BCUT2D eigenvalue weighted by Crippen LogP contribution is 2.40. The first-order chi connectivity index (χ1) is 12.1. The molecule has 0 spiro atoms. The van der Waals surface area contributed by atoms with Gasteiger partial charge in [0.1, 0.15) is 12.2 Å². The molecule has 25 heavy (non-hydrogen) atoms. The van der Waals surface area contributed by atoms with Gasteiger partial charge >= 0.3 is 0 Å². The van der Waals surface area contributed by atoms with Gasteiger partial charge in [-0.2, -0.15) is 0 Å². The Morgan fingerprint density at radius 2 is 1.64 bits per heavy atom. The summed E-state index contributed by atoms with van der Waals surface area (Å²) in [5.41, 5.74) is 5.32. The maximum atomic E-state index is 13.1. The van der Waals surface area contributed by atoms with E-state index in [1.165, 1.54) is 69.1 Å². The second-order valence-corrected chi connectivity index (χ2v) is 8.40. The van der Waals surface area contributed by atoms with Gasteiger partial charge < -0.3 is 5.73 Å². The smallest absolute Gasteiger partial charge is 0.257 e. The third kappa shape index (κ3) is 4.35. The molecule has 0 radical (unpaired) electrons. The Kier molecular flexibility index (Phi) is 6.34. The van der Waals surface area contributed by atoms with Crippen molar-refractivity contribution in [3.8, 4) is 0 Å². The molecule has 2 fully saturated rings. The second-order valence-electron chi connectivity index (χ2n) is 8.40. The van der Waals surface area contributed by atoms with Crippen LogP contribution in [0.25, 0.3) is 0 Å². The van der Waals surface area contributed by atoms with Gasteiger partial charge in [0.2, 0.25) is 0 Å². The van der Waals surface area contributed by atoms with Gasteiger partial charge in [-0.3, -0.25) is 9.69 Å². The van der Waals surface area contributed by atoms with Crippen LogP contribution in [-0.2, 0) is 4.79 Å². The molecule has 1 unspecified atom stereocenters. The van der Waals surface area contributed by atoms with Crippen molar-refractivity contribution in [2.45, 2.75) is 89.0 Å². The van der Waals surface area contributed by atoms with Crippen molar-refractivity contribution < 1.29 is 9.18 Å². The van der Waals surface area contributed by atoms with Crippen LogP contribution in [0.2, 0.25) is 0 Å². The van der Waals surface area contributed by atoms with E-state index in [4.69, 9.17) is 5.73 Å². The fraction of sp³-hybridized carbons (Fsp3) is 0.900. The van der Waals surface area contributed by atoms with Crippen molar-refractivity contribution >= 4 is 11.9 Å². The van der Waals surface area contributed by atoms with Gasteiger partial charge in [0, 0.05) is 0 Å². The molecule has 2 saturated carbocycles. The number of carbonyl (C=O) groups excluding carboxylic acids is 1. The van der Waals surface area contributed by atoms with E-state index >= 15 is 0 Å². The number of carbonyl (C=O) groups is 1. The first-order valence-electron chi connectivity index (χ1n) is 10.4. The van der Waals surface area contributed by atoms with Crippen molar-refractivity contribution in [1.29, 1.82) is 0 Å². The molecule has 1 amide bonds.